The van der Waals surface area contributed by atoms with Crippen molar-refractivity contribution >= 4 is 151 Å². The van der Waals surface area contributed by atoms with Crippen molar-refractivity contribution in [2.45, 2.75) is 169 Å². The zero-order valence-corrected chi connectivity index (χ0v) is 74.1. The normalized spacial score (nSPS) is 13.8. The third kappa shape index (κ3) is 38.4. The van der Waals surface area contributed by atoms with E-state index in [1.807, 2.05) is 18.2 Å². The molecule has 5 rings (SSSR count). The van der Waals surface area contributed by atoms with Gasteiger partial charge in [0.1, 0.15) is 71.3 Å². The van der Waals surface area contributed by atoms with Crippen molar-refractivity contribution < 1.29 is 67.6 Å². The molecule has 130 heavy (non-hydrogen) atoms. The molecule has 2 aliphatic heterocycles. The molecule has 0 bridgehead atoms. The lowest BCUT2D eigenvalue weighted by Gasteiger charge is -2.37. The molecule has 1 spiro atoms. The van der Waals surface area contributed by atoms with Crippen LogP contribution in [0.15, 0.2) is 54.6 Å². The van der Waals surface area contributed by atoms with Crippen molar-refractivity contribution in [1.82, 2.24) is 95.7 Å². The number of amides is 10. The Hall–Kier alpha value is -13.8. The number of aromatic hydroxyl groups is 2. The van der Waals surface area contributed by atoms with Gasteiger partial charge in [-0.2, -0.15) is 0 Å². The fraction of sp³-hybridized carbons (Fsp3) is 0.513. The van der Waals surface area contributed by atoms with Crippen LogP contribution in [0.25, 0.3) is 0 Å². The van der Waals surface area contributed by atoms with E-state index < -0.39 is 161 Å². The van der Waals surface area contributed by atoms with Crippen LogP contribution in [-0.4, -0.2) is 253 Å². The average molecular weight is 1880 g/mol. The number of ether oxygens (including phenoxy) is 2. The van der Waals surface area contributed by atoms with Gasteiger partial charge in [-0.25, -0.2) is 0 Å². The van der Waals surface area contributed by atoms with E-state index in [0.717, 1.165) is 11.1 Å². The Kier molecular flexibility index (Phi) is 45.8. The van der Waals surface area contributed by atoms with Crippen LogP contribution < -0.4 is 163 Å². The number of hydrogen-bond donors (Lipinski definition) is 39. The second kappa shape index (κ2) is 55.7. The quantitative estimate of drug-likeness (QED) is 0.00821. The van der Waals surface area contributed by atoms with Crippen molar-refractivity contribution in [2.24, 2.45) is 57.3 Å². The number of carbonyl (C=O) groups is 10. The Balaban J connectivity index is 1.31. The van der Waals surface area contributed by atoms with E-state index in [4.69, 9.17) is 122 Å². The second-order valence-corrected chi connectivity index (χ2v) is 33.0. The summed E-state index contributed by atoms with van der Waals surface area (Å²) >= 11 is 5.62. The lowest BCUT2D eigenvalue weighted by atomic mass is 9.77. The van der Waals surface area contributed by atoms with Crippen LogP contribution in [0.2, 0.25) is 0 Å². The van der Waals surface area contributed by atoms with Crippen molar-refractivity contribution in [1.29, 1.82) is 43.3 Å². The fourth-order valence-electron chi connectivity index (χ4n) is 13.3. The summed E-state index contributed by atoms with van der Waals surface area (Å²) in [6.07, 6.45) is -0.703. The van der Waals surface area contributed by atoms with Crippen LogP contribution in [0.4, 0.5) is 5.69 Å². The summed E-state index contributed by atoms with van der Waals surface area (Å²) in [7, 11) is 2.55. The summed E-state index contributed by atoms with van der Waals surface area (Å²) in [4.78, 5) is 143. The van der Waals surface area contributed by atoms with Crippen LogP contribution >= 0.6 is 33.8 Å². The monoisotopic (exact) mass is 1880 g/mol. The van der Waals surface area contributed by atoms with E-state index in [1.54, 1.807) is 24.3 Å². The van der Waals surface area contributed by atoms with E-state index in [1.165, 1.54) is 33.7 Å². The lowest BCUT2D eigenvalue weighted by Crippen LogP contribution is -2.60. The maximum Gasteiger partial charge on any atom is 0.243 e. The number of carbonyl (C=O) groups excluding carboxylic acids is 10. The molecule has 3 aromatic carbocycles. The first kappa shape index (κ1) is 107. The molecule has 3 aromatic rings. The number of nitrogens with one attached hydrogen (secondary N) is 27. The molecule has 0 unspecified atom stereocenters. The summed E-state index contributed by atoms with van der Waals surface area (Å²) in [6, 6.07) is 2.11. The molecule has 54 heteroatoms. The number of primary amides is 1. The Morgan fingerprint density at radius 3 is 1.02 bits per heavy atom. The van der Waals surface area contributed by atoms with E-state index in [-0.39, 0.29) is 184 Å². The number of thiocarbonyl (C=S) groups is 1. The summed E-state index contributed by atoms with van der Waals surface area (Å²) in [5.74, 6) is -11.4. The minimum Gasteiger partial charge on any atom is -0.508 e. The third-order valence-electron chi connectivity index (χ3n) is 19.7. The fourth-order valence-corrected chi connectivity index (χ4v) is 15.6. The molecule has 9 atom stereocenters. The number of phenolic OH excluding ortho intramolecular Hbond substituents is 2. The van der Waals surface area contributed by atoms with E-state index in [2.05, 4.69) is 101 Å². The number of benzene rings is 3. The number of fused-ring (bicyclic) bond motifs is 6. The summed E-state index contributed by atoms with van der Waals surface area (Å²) in [6.45, 7) is 0.0167. The molecule has 716 valence electrons. The van der Waals surface area contributed by atoms with Gasteiger partial charge in [0.25, 0.3) is 0 Å². The van der Waals surface area contributed by atoms with Crippen molar-refractivity contribution in [3.8, 4) is 23.0 Å². The Morgan fingerprint density at radius 1 is 0.377 bits per heavy atom. The molecule has 2 aliphatic rings. The second-order valence-electron chi connectivity index (χ2n) is 29.9. The predicted octanol–water partition coefficient (Wildman–Crippen LogP) is -7.39. The number of hydrogen-bond acceptors (Lipinski definition) is 26. The number of phenols is 2. The van der Waals surface area contributed by atoms with Crippen LogP contribution in [0.5, 0.6) is 23.0 Å². The first-order valence-corrected chi connectivity index (χ1v) is 44.5. The average Bonchev–Trinajstić information content (AvgIpc) is 1.53. The molecule has 0 aliphatic carbocycles. The molecule has 2 heterocycles. The topological polar surface area (TPSA) is 909 Å². The maximum atomic E-state index is 15.0. The molecule has 51 nitrogen and oxygen atoms in total. The van der Waals surface area contributed by atoms with Gasteiger partial charge in [0.2, 0.25) is 59.1 Å². The van der Waals surface area contributed by atoms with Gasteiger partial charge in [0.05, 0.1) is 19.2 Å². The number of nitrogens with two attached hydrogens (primary N) is 10. The SMILES string of the molecule is N=C(N)NCCC[C@H](NC(=O)[C@H](CCCNC(=N)N)NC(=O)[C@H](CCCNC(=N)N)NC(=O)[C@H](CCCNC(=N)N)NC(=O)[C@H](CCCNC(=N)N)NC(=O)[C@H](CCCNC(=N)N)NC(=O)[C@H](CCCNC(=N)N)NC(=O)[C@@H](N)CCCNC(=N)N)C(=O)NCC(=O)N[C@@H](CSSCCNC(=S)Nc1ccc2c(c1)COC21c2ccc(O)cc2Oc2cc(O)ccc21)C(N)=O. The summed E-state index contributed by atoms with van der Waals surface area (Å²) < 4.78 is 12.7. The van der Waals surface area contributed by atoms with Crippen molar-refractivity contribution in [3.05, 3.63) is 76.9 Å². The van der Waals surface area contributed by atoms with E-state index in [9.17, 15) is 58.2 Å². The summed E-state index contributed by atoms with van der Waals surface area (Å²) in [5, 5.41) is 133. The molecule has 49 N–H and O–H groups in total. The minimum absolute atomic E-state index is 0.00145. The van der Waals surface area contributed by atoms with Crippen LogP contribution in [0, 0.1) is 43.3 Å². The van der Waals surface area contributed by atoms with Gasteiger partial charge in [-0.1, -0.05) is 27.7 Å². The first-order valence-electron chi connectivity index (χ1n) is 41.6. The van der Waals surface area contributed by atoms with Crippen molar-refractivity contribution in [3.63, 3.8) is 0 Å². The van der Waals surface area contributed by atoms with Gasteiger partial charge >= 0.3 is 0 Å². The van der Waals surface area contributed by atoms with E-state index in [0.29, 0.717) is 52.1 Å². The smallest absolute Gasteiger partial charge is 0.243 e. The van der Waals surface area contributed by atoms with Gasteiger partial charge in [-0.3, -0.25) is 91.2 Å². The van der Waals surface area contributed by atoms with Crippen LogP contribution in [-0.2, 0) is 64.9 Å². The molecule has 0 saturated heterocycles. The molecule has 10 amide bonds. The zero-order chi connectivity index (χ0) is 96.0. The lowest BCUT2D eigenvalue weighted by molar-refractivity contribution is -0.136. The molecular formula is C76H125N37O14S3. The highest BCUT2D eigenvalue weighted by Crippen LogP contribution is 2.57. The minimum atomic E-state index is -1.61. The Morgan fingerprint density at radius 2 is 0.692 bits per heavy atom. The summed E-state index contributed by atoms with van der Waals surface area (Å²) in [5.41, 5.74) is 58.8. The van der Waals surface area contributed by atoms with Crippen LogP contribution in [0.3, 0.4) is 0 Å². The molecule has 0 radical (unpaired) electrons. The van der Waals surface area contributed by atoms with E-state index >= 15 is 0 Å². The highest BCUT2D eigenvalue weighted by atomic mass is 33.1. The predicted molar refractivity (Wildman–Crippen MR) is 495 cm³/mol. The van der Waals surface area contributed by atoms with Gasteiger partial charge in [-0.05, 0) is 162 Å². The van der Waals surface area contributed by atoms with Gasteiger partial charge in [0, 0.05) is 99.4 Å². The zero-order valence-electron chi connectivity index (χ0n) is 71.7. The third-order valence-corrected chi connectivity index (χ3v) is 22.3. The highest BCUT2D eigenvalue weighted by Gasteiger charge is 2.50. The van der Waals surface area contributed by atoms with Gasteiger partial charge < -0.3 is 178 Å². The van der Waals surface area contributed by atoms with Gasteiger partial charge in [0.15, 0.2) is 58.4 Å². The number of anilines is 1. The Labute approximate surface area is 762 Å². The number of guanidine groups is 8. The molecular weight excluding hydrogens is 1750 g/mol. The van der Waals surface area contributed by atoms with Crippen LogP contribution in [0.1, 0.15) is 125 Å². The molecule has 0 aromatic heterocycles. The van der Waals surface area contributed by atoms with Crippen molar-refractivity contribution in [2.75, 3.05) is 82.3 Å². The first-order chi connectivity index (χ1) is 61.8. The number of rotatable bonds is 58. The Bertz CT molecular complexity index is 4430. The largest absolute Gasteiger partial charge is 0.508 e. The highest BCUT2D eigenvalue weighted by molar-refractivity contribution is 8.76. The molecule has 0 fully saturated rings. The standard InChI is InChI=1S/C76H125N37O14S3/c77-46(9-1-23-95-67(79)80)59(118)107-48(11-3-25-97-69(83)84)61(120)109-50(13-5-27-99-71(87)88)63(122)111-52(15-7-29-101-73(91)92)65(124)113-53(16-8-30-102-74(93)94)66(125)112-51(14-6-28-100-72(89)90)64(123)110-49(12-4-26-98-70(85)86)62(121)108-47(10-2-24-96-68(81)82)60(119)104-36-57(116)106-54(58(78)117)38-130-129-32-31-103-75(128)105-40-17-20-43-39(33-40)37-126-76(43)44-21-18-41(114)34-55(44)127-56-35-42(115)19-22-45(56)76/h17-22,33-35,46-54,114-115H,1-16,23-32,36-38,77H2,(H2,78,117)(H,104,119)(H,106,116)(H,107,118)(H,108,121)(H,109,120)(H,110,123)(H,111,122)(H,112,125)(H,113,124)(H4,79,80,95)(H4,81,82,96)(H4,83,84,97)(H4,85,86,98)(H4,87,88,99)(H4,89,90,100)(H4,91,92,101)(H4,93,94,102)(H2,103,105,128)/t46-,47-,48-,49-,50-,51-,52-,53-,54-/m0/s1. The van der Waals surface area contributed by atoms with Gasteiger partial charge in [-0.15, -0.1) is 0 Å². The maximum absolute atomic E-state index is 15.0. The molecule has 0 saturated carbocycles.